The number of hydrogen-bond acceptors (Lipinski definition) is 3. The van der Waals surface area contributed by atoms with Crippen LogP contribution in [0.1, 0.15) is 0 Å². The summed E-state index contributed by atoms with van der Waals surface area (Å²) < 4.78 is 5.75. The molecule has 92 valence electrons. The van der Waals surface area contributed by atoms with Gasteiger partial charge in [0.15, 0.2) is 0 Å². The standard InChI is InChI=1S/C11H21N3O2/c1-13(2)11(15)12-4-8-7-16-10-6-14(3)5-9(8)10/h8-10H,4-7H2,1-3H3,(H,12,15)/t8-,9+,10+/m1/s1. The number of rotatable bonds is 2. The van der Waals surface area contributed by atoms with E-state index in [1.54, 1.807) is 19.0 Å². The Bertz CT molecular complexity index is 270. The van der Waals surface area contributed by atoms with Gasteiger partial charge in [0.2, 0.25) is 0 Å². The van der Waals surface area contributed by atoms with Crippen molar-refractivity contribution in [3.8, 4) is 0 Å². The van der Waals surface area contributed by atoms with E-state index in [9.17, 15) is 4.79 Å². The van der Waals surface area contributed by atoms with Gasteiger partial charge in [-0.25, -0.2) is 4.79 Å². The molecule has 3 atom stereocenters. The lowest BCUT2D eigenvalue weighted by Gasteiger charge is -2.19. The van der Waals surface area contributed by atoms with E-state index in [1.807, 2.05) is 0 Å². The first-order chi connectivity index (χ1) is 7.58. The van der Waals surface area contributed by atoms with Crippen LogP contribution >= 0.6 is 0 Å². The summed E-state index contributed by atoms with van der Waals surface area (Å²) in [7, 11) is 5.64. The maximum atomic E-state index is 11.4. The van der Waals surface area contributed by atoms with Crippen LogP contribution in [0.3, 0.4) is 0 Å². The Hall–Kier alpha value is -0.810. The third kappa shape index (κ3) is 2.30. The fourth-order valence-corrected chi connectivity index (χ4v) is 2.58. The Labute approximate surface area is 96.7 Å². The lowest BCUT2D eigenvalue weighted by molar-refractivity contribution is 0.0986. The molecule has 2 rings (SSSR count). The molecule has 1 N–H and O–H groups in total. The molecule has 5 heteroatoms. The Morgan fingerprint density at radius 2 is 2.25 bits per heavy atom. The van der Waals surface area contributed by atoms with Crippen molar-refractivity contribution in [3.63, 3.8) is 0 Å². The lowest BCUT2D eigenvalue weighted by Crippen LogP contribution is -2.39. The summed E-state index contributed by atoms with van der Waals surface area (Å²) in [6, 6.07) is -0.0187. The van der Waals surface area contributed by atoms with Crippen LogP contribution < -0.4 is 5.32 Å². The number of fused-ring (bicyclic) bond motifs is 1. The summed E-state index contributed by atoms with van der Waals surface area (Å²) in [6.07, 6.45) is 0.381. The quantitative estimate of drug-likeness (QED) is 0.712. The lowest BCUT2D eigenvalue weighted by atomic mass is 9.93. The molecule has 0 radical (unpaired) electrons. The number of nitrogens with zero attached hydrogens (tertiary/aromatic N) is 2. The molecule has 0 bridgehead atoms. The van der Waals surface area contributed by atoms with Gasteiger partial charge >= 0.3 is 6.03 Å². The molecule has 2 amide bonds. The molecule has 2 saturated heterocycles. The number of carbonyl (C=O) groups excluding carboxylic acids is 1. The topological polar surface area (TPSA) is 44.8 Å². The highest BCUT2D eigenvalue weighted by molar-refractivity contribution is 5.73. The Kier molecular flexibility index (Phi) is 3.35. The molecule has 0 unspecified atom stereocenters. The number of ether oxygens (including phenoxy) is 1. The number of carbonyl (C=O) groups is 1. The van der Waals surface area contributed by atoms with Gasteiger partial charge in [0, 0.05) is 45.6 Å². The van der Waals surface area contributed by atoms with Crippen molar-refractivity contribution in [1.29, 1.82) is 0 Å². The van der Waals surface area contributed by atoms with E-state index >= 15 is 0 Å². The predicted molar refractivity (Wildman–Crippen MR) is 61.3 cm³/mol. The number of amides is 2. The van der Waals surface area contributed by atoms with Crippen LogP contribution in [0, 0.1) is 11.8 Å². The highest BCUT2D eigenvalue weighted by Crippen LogP contribution is 2.32. The van der Waals surface area contributed by atoms with Gasteiger partial charge in [0.25, 0.3) is 0 Å². The summed E-state index contributed by atoms with van der Waals surface area (Å²) in [5, 5.41) is 2.94. The second kappa shape index (κ2) is 4.59. The van der Waals surface area contributed by atoms with Crippen LogP contribution in [0.2, 0.25) is 0 Å². The van der Waals surface area contributed by atoms with Gasteiger partial charge in [-0.3, -0.25) is 0 Å². The van der Waals surface area contributed by atoms with Gasteiger partial charge < -0.3 is 19.9 Å². The smallest absolute Gasteiger partial charge is 0.316 e. The van der Waals surface area contributed by atoms with Gasteiger partial charge in [-0.1, -0.05) is 0 Å². The molecule has 0 aromatic heterocycles. The van der Waals surface area contributed by atoms with Crippen molar-refractivity contribution in [3.05, 3.63) is 0 Å². The molecule has 2 aliphatic heterocycles. The van der Waals surface area contributed by atoms with E-state index in [2.05, 4.69) is 17.3 Å². The number of nitrogens with one attached hydrogen (secondary N) is 1. The zero-order chi connectivity index (χ0) is 11.7. The number of likely N-dealkylation sites (tertiary alicyclic amines) is 1. The molecule has 5 nitrogen and oxygen atoms in total. The maximum absolute atomic E-state index is 11.4. The first kappa shape index (κ1) is 11.7. The van der Waals surface area contributed by atoms with Crippen molar-refractivity contribution in [1.82, 2.24) is 15.1 Å². The minimum absolute atomic E-state index is 0.0187. The highest BCUT2D eigenvalue weighted by atomic mass is 16.5. The summed E-state index contributed by atoms with van der Waals surface area (Å²) in [6.45, 7) is 3.64. The highest BCUT2D eigenvalue weighted by Gasteiger charge is 2.42. The van der Waals surface area contributed by atoms with E-state index in [4.69, 9.17) is 4.74 Å². The van der Waals surface area contributed by atoms with Gasteiger partial charge in [0.1, 0.15) is 0 Å². The molecule has 0 aromatic rings. The van der Waals surface area contributed by atoms with Crippen molar-refractivity contribution in [2.24, 2.45) is 11.8 Å². The minimum Gasteiger partial charge on any atom is -0.376 e. The molecule has 2 aliphatic rings. The molecular weight excluding hydrogens is 206 g/mol. The fourth-order valence-electron chi connectivity index (χ4n) is 2.58. The zero-order valence-electron chi connectivity index (χ0n) is 10.3. The Morgan fingerprint density at radius 3 is 2.94 bits per heavy atom. The molecule has 0 saturated carbocycles. The van der Waals surface area contributed by atoms with E-state index in [0.717, 1.165) is 26.2 Å². The van der Waals surface area contributed by atoms with Crippen LogP contribution in [0.4, 0.5) is 4.79 Å². The minimum atomic E-state index is -0.0187. The van der Waals surface area contributed by atoms with Crippen molar-refractivity contribution >= 4 is 6.03 Å². The number of urea groups is 1. The average molecular weight is 227 g/mol. The number of likely N-dealkylation sites (N-methyl/N-ethyl adjacent to an activating group) is 1. The molecule has 0 spiro atoms. The summed E-state index contributed by atoms with van der Waals surface area (Å²) in [4.78, 5) is 15.3. The second-order valence-electron chi connectivity index (χ2n) is 5.10. The SMILES string of the molecule is CN1C[C@H]2[C@H](CNC(=O)N(C)C)CO[C@H]2C1. The molecular formula is C11H21N3O2. The van der Waals surface area contributed by atoms with E-state index < -0.39 is 0 Å². The summed E-state index contributed by atoms with van der Waals surface area (Å²) >= 11 is 0. The van der Waals surface area contributed by atoms with Gasteiger partial charge in [-0.2, -0.15) is 0 Å². The van der Waals surface area contributed by atoms with Crippen LogP contribution in [0.25, 0.3) is 0 Å². The number of hydrogen-bond donors (Lipinski definition) is 1. The van der Waals surface area contributed by atoms with Gasteiger partial charge in [0.05, 0.1) is 12.7 Å². The molecule has 0 aromatic carbocycles. The van der Waals surface area contributed by atoms with E-state index in [1.165, 1.54) is 0 Å². The van der Waals surface area contributed by atoms with Crippen LogP contribution in [-0.4, -0.2) is 69.3 Å². The molecule has 16 heavy (non-hydrogen) atoms. The van der Waals surface area contributed by atoms with Crippen molar-refractivity contribution in [2.75, 3.05) is 47.4 Å². The largest absolute Gasteiger partial charge is 0.376 e. The first-order valence-electron chi connectivity index (χ1n) is 5.83. The predicted octanol–water partition coefficient (Wildman–Crippen LogP) is -0.166. The van der Waals surface area contributed by atoms with Crippen LogP contribution in [0.5, 0.6) is 0 Å². The molecule has 0 aliphatic carbocycles. The third-order valence-electron chi connectivity index (χ3n) is 3.54. The third-order valence-corrected chi connectivity index (χ3v) is 3.54. The zero-order valence-corrected chi connectivity index (χ0v) is 10.3. The van der Waals surface area contributed by atoms with Gasteiger partial charge in [-0.15, -0.1) is 0 Å². The van der Waals surface area contributed by atoms with Crippen molar-refractivity contribution in [2.45, 2.75) is 6.10 Å². The van der Waals surface area contributed by atoms with E-state index in [0.29, 0.717) is 17.9 Å². The second-order valence-corrected chi connectivity index (χ2v) is 5.10. The molecule has 2 heterocycles. The normalized spacial score (nSPS) is 33.8. The van der Waals surface area contributed by atoms with Gasteiger partial charge in [-0.05, 0) is 7.05 Å². The molecule has 2 fully saturated rings. The monoisotopic (exact) mass is 227 g/mol. The maximum Gasteiger partial charge on any atom is 0.316 e. The Morgan fingerprint density at radius 1 is 1.50 bits per heavy atom. The first-order valence-corrected chi connectivity index (χ1v) is 5.83. The fraction of sp³-hybridized carbons (Fsp3) is 0.909. The van der Waals surface area contributed by atoms with Crippen LogP contribution in [-0.2, 0) is 4.74 Å². The Balaban J connectivity index is 1.81. The average Bonchev–Trinajstić information content (AvgIpc) is 2.73. The van der Waals surface area contributed by atoms with Crippen molar-refractivity contribution < 1.29 is 9.53 Å². The van der Waals surface area contributed by atoms with Crippen LogP contribution in [0.15, 0.2) is 0 Å². The summed E-state index contributed by atoms with van der Waals surface area (Å²) in [5.41, 5.74) is 0. The van der Waals surface area contributed by atoms with E-state index in [-0.39, 0.29) is 6.03 Å². The summed E-state index contributed by atoms with van der Waals surface area (Å²) in [5.74, 6) is 1.06.